The molecule has 0 saturated heterocycles. The van der Waals surface area contributed by atoms with E-state index in [0.717, 1.165) is 4.68 Å². The summed E-state index contributed by atoms with van der Waals surface area (Å²) in [5.41, 5.74) is -0.391. The van der Waals surface area contributed by atoms with E-state index in [0.29, 0.717) is 5.00 Å². The number of sulfonamides is 1. The van der Waals surface area contributed by atoms with E-state index in [1.54, 1.807) is 19.1 Å². The van der Waals surface area contributed by atoms with E-state index in [1.807, 2.05) is 5.38 Å². The number of hydrogen-bond donors (Lipinski definition) is 1. The van der Waals surface area contributed by atoms with Gasteiger partial charge in [0.15, 0.2) is 0 Å². The van der Waals surface area contributed by atoms with Gasteiger partial charge < -0.3 is 0 Å². The van der Waals surface area contributed by atoms with Crippen molar-refractivity contribution >= 4 is 21.4 Å². The fourth-order valence-corrected chi connectivity index (χ4v) is 2.63. The van der Waals surface area contributed by atoms with Gasteiger partial charge in [0, 0.05) is 6.54 Å². The van der Waals surface area contributed by atoms with Gasteiger partial charge in [0.25, 0.3) is 0 Å². The van der Waals surface area contributed by atoms with E-state index in [1.165, 1.54) is 16.0 Å². The third-order valence-corrected chi connectivity index (χ3v) is 4.63. The Morgan fingerprint density at radius 3 is 2.84 bits per heavy atom. The molecule has 0 aromatic carbocycles. The first-order valence-corrected chi connectivity index (χ1v) is 8.11. The average Bonchev–Trinajstić information content (AvgIpc) is 3.00. The van der Waals surface area contributed by atoms with Gasteiger partial charge in [-0.1, -0.05) is 0 Å². The maximum Gasteiger partial charge on any atom is 0.369 e. The van der Waals surface area contributed by atoms with Crippen molar-refractivity contribution in [1.29, 1.82) is 0 Å². The summed E-state index contributed by atoms with van der Waals surface area (Å²) in [4.78, 5) is 11.9. The van der Waals surface area contributed by atoms with Crippen molar-refractivity contribution in [2.24, 2.45) is 0 Å². The molecular weight excluding hydrogens is 290 g/mol. The Labute approximate surface area is 113 Å². The zero-order chi connectivity index (χ0) is 13.9. The van der Waals surface area contributed by atoms with E-state index >= 15 is 0 Å². The Morgan fingerprint density at radius 1 is 1.42 bits per heavy atom. The first-order chi connectivity index (χ1) is 9.03. The van der Waals surface area contributed by atoms with Crippen LogP contribution in [-0.2, 0) is 16.6 Å². The zero-order valence-electron chi connectivity index (χ0n) is 10.2. The molecule has 2 aromatic rings. The van der Waals surface area contributed by atoms with Crippen LogP contribution >= 0.6 is 11.3 Å². The van der Waals surface area contributed by atoms with Crippen LogP contribution in [0.2, 0.25) is 0 Å². The second-order valence-corrected chi connectivity index (χ2v) is 6.67. The fourth-order valence-electron chi connectivity index (χ4n) is 1.35. The van der Waals surface area contributed by atoms with Crippen LogP contribution < -0.4 is 10.4 Å². The van der Waals surface area contributed by atoms with E-state index < -0.39 is 15.7 Å². The lowest BCUT2D eigenvalue weighted by atomic mass is 10.6. The molecule has 0 unspecified atom stereocenters. The Bertz CT molecular complexity index is 686. The molecule has 2 rings (SSSR count). The summed E-state index contributed by atoms with van der Waals surface area (Å²) in [7, 11) is -3.26. The lowest BCUT2D eigenvalue weighted by Gasteiger charge is -2.02. The van der Waals surface area contributed by atoms with Gasteiger partial charge in [-0.2, -0.15) is 9.36 Å². The first kappa shape index (κ1) is 13.9. The number of hydrogen-bond acceptors (Lipinski definition) is 6. The van der Waals surface area contributed by atoms with E-state index in [2.05, 4.69) is 15.1 Å². The molecule has 10 heteroatoms. The van der Waals surface area contributed by atoms with Crippen molar-refractivity contribution in [3.63, 3.8) is 0 Å². The number of thiophene rings is 1. The van der Waals surface area contributed by atoms with Crippen LogP contribution in [0.5, 0.6) is 0 Å². The molecule has 0 fully saturated rings. The molecule has 0 radical (unpaired) electrons. The van der Waals surface area contributed by atoms with Crippen LogP contribution in [0.15, 0.2) is 22.3 Å². The Balaban J connectivity index is 2.06. The van der Waals surface area contributed by atoms with Gasteiger partial charge in [0.05, 0.1) is 12.3 Å². The molecule has 2 heterocycles. The first-order valence-electron chi connectivity index (χ1n) is 5.57. The predicted octanol–water partition coefficient (Wildman–Crippen LogP) is -0.570. The van der Waals surface area contributed by atoms with Gasteiger partial charge in [-0.05, 0) is 34.9 Å². The summed E-state index contributed by atoms with van der Waals surface area (Å²) in [5.74, 6) is 0.00375. The number of aromatic nitrogens is 4. The van der Waals surface area contributed by atoms with Crippen LogP contribution in [0, 0.1) is 0 Å². The summed E-state index contributed by atoms with van der Waals surface area (Å²) in [5, 5.41) is 9.95. The molecule has 0 aliphatic heterocycles. The quantitative estimate of drug-likeness (QED) is 0.770. The molecule has 0 bridgehead atoms. The van der Waals surface area contributed by atoms with Gasteiger partial charge in [-0.15, -0.1) is 11.3 Å². The molecule has 0 aliphatic rings. The Hall–Kier alpha value is -1.52. The molecule has 0 atom stereocenters. The lowest BCUT2D eigenvalue weighted by Crippen LogP contribution is -2.32. The summed E-state index contributed by atoms with van der Waals surface area (Å²) in [6, 6.07) is 3.56. The van der Waals surface area contributed by atoms with E-state index in [9.17, 15) is 13.2 Å². The fraction of sp³-hybridized carbons (Fsp3) is 0.444. The topological polar surface area (TPSA) is 98.9 Å². The third-order valence-electron chi connectivity index (χ3n) is 2.38. The monoisotopic (exact) mass is 303 g/mol. The maximum absolute atomic E-state index is 11.9. The maximum atomic E-state index is 11.9. The second kappa shape index (κ2) is 5.63. The minimum absolute atomic E-state index is 0.00375. The Kier molecular flexibility index (Phi) is 4.12. The number of nitrogens with one attached hydrogen (secondary N) is 1. The van der Waals surface area contributed by atoms with Gasteiger partial charge in [-0.3, -0.25) is 0 Å². The van der Waals surface area contributed by atoms with Crippen molar-refractivity contribution < 1.29 is 8.42 Å². The molecular formula is C9H13N5O3S2. The molecule has 0 amide bonds. The highest BCUT2D eigenvalue weighted by molar-refractivity contribution is 7.89. The van der Waals surface area contributed by atoms with Crippen LogP contribution in [-0.4, -0.2) is 40.5 Å². The molecule has 19 heavy (non-hydrogen) atoms. The third kappa shape index (κ3) is 3.28. The van der Waals surface area contributed by atoms with Gasteiger partial charge in [0.1, 0.15) is 5.00 Å². The molecule has 2 aromatic heterocycles. The summed E-state index contributed by atoms with van der Waals surface area (Å²) < 4.78 is 27.1. The SMILES string of the molecule is CCS(=O)(=O)NCCn1nnn(-c2cccs2)c1=O. The summed E-state index contributed by atoms with van der Waals surface area (Å²) in [6.45, 7) is 1.80. The molecule has 1 N–H and O–H groups in total. The number of nitrogens with zero attached hydrogens (tertiary/aromatic N) is 4. The smallest absolute Gasteiger partial charge is 0.244 e. The van der Waals surface area contributed by atoms with E-state index in [-0.39, 0.29) is 18.8 Å². The molecule has 0 aliphatic carbocycles. The highest BCUT2D eigenvalue weighted by atomic mass is 32.2. The minimum atomic E-state index is -3.26. The van der Waals surface area contributed by atoms with Crippen LogP contribution in [0.3, 0.4) is 0 Å². The molecule has 0 saturated carbocycles. The molecule has 8 nitrogen and oxygen atoms in total. The van der Waals surface area contributed by atoms with Gasteiger partial charge in [0.2, 0.25) is 10.0 Å². The van der Waals surface area contributed by atoms with Crippen molar-refractivity contribution in [2.45, 2.75) is 13.5 Å². The lowest BCUT2D eigenvalue weighted by molar-refractivity contribution is 0.546. The van der Waals surface area contributed by atoms with Crippen LogP contribution in [0.4, 0.5) is 0 Å². The van der Waals surface area contributed by atoms with Crippen LogP contribution in [0.25, 0.3) is 5.00 Å². The number of tetrazole rings is 1. The normalized spacial score (nSPS) is 11.8. The molecule has 0 spiro atoms. The standard InChI is InChI=1S/C9H13N5O3S2/c1-2-19(16,17)10-5-6-13-9(15)14(12-11-13)8-4-3-7-18-8/h3-4,7,10H,2,5-6H2,1H3. The highest BCUT2D eigenvalue weighted by Crippen LogP contribution is 2.10. The zero-order valence-corrected chi connectivity index (χ0v) is 11.8. The summed E-state index contributed by atoms with van der Waals surface area (Å²) in [6.07, 6.45) is 0. The van der Waals surface area contributed by atoms with Crippen LogP contribution in [0.1, 0.15) is 6.92 Å². The van der Waals surface area contributed by atoms with Crippen molar-refractivity contribution in [2.75, 3.05) is 12.3 Å². The van der Waals surface area contributed by atoms with Crippen molar-refractivity contribution in [3.05, 3.63) is 28.0 Å². The summed E-state index contributed by atoms with van der Waals surface area (Å²) >= 11 is 1.37. The average molecular weight is 303 g/mol. The van der Waals surface area contributed by atoms with Crippen molar-refractivity contribution in [3.8, 4) is 5.00 Å². The van der Waals surface area contributed by atoms with Crippen molar-refractivity contribution in [1.82, 2.24) is 24.5 Å². The van der Waals surface area contributed by atoms with Gasteiger partial charge >= 0.3 is 5.69 Å². The highest BCUT2D eigenvalue weighted by Gasteiger charge is 2.10. The van der Waals surface area contributed by atoms with E-state index in [4.69, 9.17) is 0 Å². The second-order valence-electron chi connectivity index (χ2n) is 3.65. The van der Waals surface area contributed by atoms with Gasteiger partial charge in [-0.25, -0.2) is 17.9 Å². The Morgan fingerprint density at radius 2 is 2.21 bits per heavy atom. The predicted molar refractivity (Wildman–Crippen MR) is 71.0 cm³/mol. The minimum Gasteiger partial charge on any atom is -0.244 e. The molecule has 104 valence electrons. The number of rotatable bonds is 6. The largest absolute Gasteiger partial charge is 0.369 e.